The van der Waals surface area contributed by atoms with Crippen LogP contribution in [0.25, 0.3) is 11.0 Å². The molecule has 0 unspecified atom stereocenters. The number of aromatic amines is 1. The summed E-state index contributed by atoms with van der Waals surface area (Å²) in [5.74, 6) is -0.187. The van der Waals surface area contributed by atoms with Crippen molar-refractivity contribution in [3.05, 3.63) is 24.0 Å². The number of alkyl halides is 1. The molecule has 2 aromatic rings. The predicted octanol–water partition coefficient (Wildman–Crippen LogP) is 3.13. The number of aromatic nitrogens is 2. The molecule has 6 heteroatoms. The maximum atomic E-state index is 14.6. The molecule has 4 rings (SSSR count). The van der Waals surface area contributed by atoms with Crippen LogP contribution in [0.3, 0.4) is 0 Å². The molecule has 2 aromatic heterocycles. The fourth-order valence-corrected chi connectivity index (χ4v) is 4.30. The van der Waals surface area contributed by atoms with Gasteiger partial charge in [-0.05, 0) is 50.5 Å². The smallest absolute Gasteiger partial charge is 0.252 e. The summed E-state index contributed by atoms with van der Waals surface area (Å²) in [6, 6.07) is 2.07. The van der Waals surface area contributed by atoms with Crippen molar-refractivity contribution in [1.29, 1.82) is 0 Å². The summed E-state index contributed by atoms with van der Waals surface area (Å²) in [6.45, 7) is 0. The summed E-state index contributed by atoms with van der Waals surface area (Å²) in [5, 5.41) is 4.36. The number of nitrogens with zero attached hydrogens (tertiary/aromatic N) is 1. The highest BCUT2D eigenvalue weighted by Crippen LogP contribution is 2.46. The van der Waals surface area contributed by atoms with Crippen LogP contribution in [0.2, 0.25) is 0 Å². The molecule has 0 aliphatic heterocycles. The maximum absolute atomic E-state index is 14.6. The minimum absolute atomic E-state index is 0.178. The molecule has 2 fully saturated rings. The Morgan fingerprint density at radius 3 is 3.13 bits per heavy atom. The van der Waals surface area contributed by atoms with Gasteiger partial charge in [0.1, 0.15) is 11.3 Å². The third kappa shape index (κ3) is 2.46. The Labute approximate surface area is 133 Å². The van der Waals surface area contributed by atoms with Gasteiger partial charge in [-0.3, -0.25) is 4.79 Å². The zero-order valence-electron chi connectivity index (χ0n) is 12.9. The van der Waals surface area contributed by atoms with Gasteiger partial charge >= 0.3 is 0 Å². The number of primary amides is 1. The molecule has 3 atom stereocenters. The first-order chi connectivity index (χ1) is 11.1. The number of nitrogens with one attached hydrogen (secondary N) is 2. The fraction of sp³-hybridized carbons (Fsp3) is 0.529. The van der Waals surface area contributed by atoms with Gasteiger partial charge in [0.25, 0.3) is 5.91 Å². The fourth-order valence-electron chi connectivity index (χ4n) is 4.30. The van der Waals surface area contributed by atoms with E-state index in [4.69, 9.17) is 5.73 Å². The molecule has 122 valence electrons. The van der Waals surface area contributed by atoms with Crippen LogP contribution in [0.4, 0.5) is 10.1 Å². The lowest BCUT2D eigenvalue weighted by Gasteiger charge is -2.44. The lowest BCUT2D eigenvalue weighted by Crippen LogP contribution is -2.45. The number of nitrogens with two attached hydrogens (primary N) is 1. The van der Waals surface area contributed by atoms with E-state index in [1.165, 1.54) is 6.20 Å². The van der Waals surface area contributed by atoms with E-state index in [1.54, 1.807) is 6.20 Å². The third-order valence-corrected chi connectivity index (χ3v) is 5.48. The van der Waals surface area contributed by atoms with Crippen molar-refractivity contribution in [3.8, 4) is 0 Å². The second-order valence-electron chi connectivity index (χ2n) is 6.95. The van der Waals surface area contributed by atoms with Crippen LogP contribution in [0.1, 0.15) is 48.9 Å². The Kier molecular flexibility index (Phi) is 3.28. The molecule has 2 heterocycles. The standard InChI is InChI=1S/C17H21FN4O/c18-17-5-1-2-10(8-17)13(3-6-17)22-14-11-4-7-20-16(11)21-9-12(14)15(19)23/h4,7,9-10,13H,1-3,5-6,8H2,(H2,19,23)(H2,20,21,22)/t10-,13-,17-/m1/s1. The number of fused-ring (bicyclic) bond motifs is 3. The van der Waals surface area contributed by atoms with Gasteiger partial charge in [-0.25, -0.2) is 9.37 Å². The zero-order valence-corrected chi connectivity index (χ0v) is 12.9. The van der Waals surface area contributed by atoms with Gasteiger partial charge in [0.05, 0.1) is 11.3 Å². The first kappa shape index (κ1) is 14.5. The minimum atomic E-state index is -0.977. The summed E-state index contributed by atoms with van der Waals surface area (Å²) < 4.78 is 14.6. The van der Waals surface area contributed by atoms with E-state index >= 15 is 0 Å². The molecule has 23 heavy (non-hydrogen) atoms. The number of hydrogen-bond acceptors (Lipinski definition) is 3. The van der Waals surface area contributed by atoms with Crippen LogP contribution in [-0.4, -0.2) is 27.6 Å². The summed E-state index contributed by atoms with van der Waals surface area (Å²) in [4.78, 5) is 19.0. The van der Waals surface area contributed by atoms with Crippen LogP contribution in [0.15, 0.2) is 18.5 Å². The van der Waals surface area contributed by atoms with E-state index in [2.05, 4.69) is 15.3 Å². The number of carbonyl (C=O) groups is 1. The van der Waals surface area contributed by atoms with Crippen LogP contribution in [0.5, 0.6) is 0 Å². The second-order valence-corrected chi connectivity index (χ2v) is 6.95. The summed E-state index contributed by atoms with van der Waals surface area (Å²) >= 11 is 0. The van der Waals surface area contributed by atoms with Crippen molar-refractivity contribution < 1.29 is 9.18 Å². The van der Waals surface area contributed by atoms with E-state index < -0.39 is 11.6 Å². The first-order valence-corrected chi connectivity index (χ1v) is 8.27. The SMILES string of the molecule is NC(=O)c1cnc2[nH]ccc2c1N[C@@H]1CC[C@]2(F)CCC[C@@H]1C2. The number of halogens is 1. The molecule has 0 aromatic carbocycles. The third-order valence-electron chi connectivity index (χ3n) is 5.48. The maximum Gasteiger partial charge on any atom is 0.252 e. The summed E-state index contributed by atoms with van der Waals surface area (Å²) in [6.07, 6.45) is 7.98. The Morgan fingerprint density at radius 2 is 2.30 bits per heavy atom. The molecule has 2 saturated carbocycles. The molecule has 2 aliphatic carbocycles. The highest BCUT2D eigenvalue weighted by molar-refractivity contribution is 6.05. The van der Waals surface area contributed by atoms with E-state index in [-0.39, 0.29) is 6.04 Å². The molecule has 4 N–H and O–H groups in total. The van der Waals surface area contributed by atoms with Crippen LogP contribution >= 0.6 is 0 Å². The van der Waals surface area contributed by atoms with Crippen molar-refractivity contribution in [1.82, 2.24) is 9.97 Å². The topological polar surface area (TPSA) is 83.8 Å². The number of anilines is 1. The van der Waals surface area contributed by atoms with Gasteiger partial charge in [0.2, 0.25) is 0 Å². The molecule has 2 aliphatic rings. The van der Waals surface area contributed by atoms with Gasteiger partial charge in [0.15, 0.2) is 0 Å². The van der Waals surface area contributed by atoms with Crippen molar-refractivity contribution in [3.63, 3.8) is 0 Å². The molecular formula is C17H21FN4O. The summed E-state index contributed by atoms with van der Waals surface area (Å²) in [7, 11) is 0. The Bertz CT molecular complexity index is 758. The van der Waals surface area contributed by atoms with Crippen molar-refractivity contribution in [2.24, 2.45) is 11.7 Å². The highest BCUT2D eigenvalue weighted by atomic mass is 19.1. The van der Waals surface area contributed by atoms with E-state index in [0.29, 0.717) is 30.7 Å². The molecule has 1 amide bonds. The largest absolute Gasteiger partial charge is 0.381 e. The van der Waals surface area contributed by atoms with Gasteiger partial charge in [0, 0.05) is 23.8 Å². The first-order valence-electron chi connectivity index (χ1n) is 8.27. The van der Waals surface area contributed by atoms with E-state index in [0.717, 1.165) is 36.0 Å². The quantitative estimate of drug-likeness (QED) is 0.813. The minimum Gasteiger partial charge on any atom is -0.381 e. The zero-order chi connectivity index (χ0) is 16.0. The highest BCUT2D eigenvalue weighted by Gasteiger charge is 2.44. The van der Waals surface area contributed by atoms with Crippen LogP contribution in [-0.2, 0) is 0 Å². The second kappa shape index (κ2) is 5.22. The van der Waals surface area contributed by atoms with Crippen molar-refractivity contribution >= 4 is 22.6 Å². The number of pyridine rings is 1. The molecular weight excluding hydrogens is 295 g/mol. The lowest BCUT2D eigenvalue weighted by molar-refractivity contribution is 0.0252. The van der Waals surface area contributed by atoms with Gasteiger partial charge in [-0.1, -0.05) is 0 Å². The Morgan fingerprint density at radius 1 is 1.43 bits per heavy atom. The Hall–Kier alpha value is -2.11. The molecule has 5 nitrogen and oxygen atoms in total. The van der Waals surface area contributed by atoms with Gasteiger partial charge in [-0.2, -0.15) is 0 Å². The van der Waals surface area contributed by atoms with Gasteiger partial charge < -0.3 is 16.0 Å². The monoisotopic (exact) mass is 316 g/mol. The van der Waals surface area contributed by atoms with Crippen molar-refractivity contribution in [2.45, 2.75) is 50.2 Å². The molecule has 0 saturated heterocycles. The number of rotatable bonds is 3. The predicted molar refractivity (Wildman–Crippen MR) is 87.1 cm³/mol. The lowest BCUT2D eigenvalue weighted by atomic mass is 9.68. The summed E-state index contributed by atoms with van der Waals surface area (Å²) in [5.41, 5.74) is 6.38. The molecule has 0 spiro atoms. The molecule has 2 bridgehead atoms. The van der Waals surface area contributed by atoms with Crippen LogP contribution in [0, 0.1) is 5.92 Å². The number of H-pyrrole nitrogens is 1. The molecule has 0 radical (unpaired) electrons. The van der Waals surface area contributed by atoms with E-state index in [9.17, 15) is 9.18 Å². The number of carbonyl (C=O) groups excluding carboxylic acids is 1. The Balaban J connectivity index is 1.68. The van der Waals surface area contributed by atoms with E-state index in [1.807, 2.05) is 6.07 Å². The number of amides is 1. The van der Waals surface area contributed by atoms with Crippen LogP contribution < -0.4 is 11.1 Å². The number of hydrogen-bond donors (Lipinski definition) is 3. The van der Waals surface area contributed by atoms with Gasteiger partial charge in [-0.15, -0.1) is 0 Å². The van der Waals surface area contributed by atoms with Crippen molar-refractivity contribution in [2.75, 3.05) is 5.32 Å². The average molecular weight is 316 g/mol. The average Bonchev–Trinajstić information content (AvgIpc) is 2.99. The normalized spacial score (nSPS) is 30.3.